The Balaban J connectivity index is 0. The number of hydrogen-bond acceptors (Lipinski definition) is 1. The molecular weight excluding hydrogens is 404 g/mol. The molecule has 0 aromatic carbocycles. The predicted molar refractivity (Wildman–Crippen MR) is 91.7 cm³/mol. The fraction of sp³-hybridized carbons (Fsp3) is 0.947. The van der Waals surface area contributed by atoms with Gasteiger partial charge in [-0.15, -0.1) is 0 Å². The fourth-order valence-corrected chi connectivity index (χ4v) is 3.31. The summed E-state index contributed by atoms with van der Waals surface area (Å²) >= 11 is 0. The van der Waals surface area contributed by atoms with Crippen LogP contribution in [0.15, 0.2) is 0 Å². The molecule has 0 aromatic heterocycles. The van der Waals surface area contributed by atoms with Gasteiger partial charge in [0, 0.05) is 40.8 Å². The van der Waals surface area contributed by atoms with Gasteiger partial charge in [0.2, 0.25) is 0 Å². The van der Waals surface area contributed by atoms with E-state index in [1.54, 1.807) is 0 Å². The van der Waals surface area contributed by atoms with Gasteiger partial charge in [-0.1, -0.05) is 91.4 Å². The summed E-state index contributed by atoms with van der Waals surface area (Å²) in [5, 5.41) is 9.75. The van der Waals surface area contributed by atoms with Crippen molar-refractivity contribution in [3.05, 3.63) is 0 Å². The van der Waals surface area contributed by atoms with E-state index in [0.717, 1.165) is 38.5 Å². The molecular formula is C19H38NdO2. The van der Waals surface area contributed by atoms with E-state index < -0.39 is 11.4 Å². The first-order valence-electron chi connectivity index (χ1n) is 9.36. The quantitative estimate of drug-likeness (QED) is 0.291. The summed E-state index contributed by atoms with van der Waals surface area (Å²) in [6.07, 6.45) is 15.8. The largest absolute Gasteiger partial charge is 0.481 e. The average Bonchev–Trinajstić information content (AvgIpc) is 2.46. The SMILES string of the molecule is CCCCCCCCC(CCC)(CCCCCC)C(=O)O.[Nd]. The molecule has 0 aromatic rings. The van der Waals surface area contributed by atoms with Crippen LogP contribution in [0.2, 0.25) is 0 Å². The second kappa shape index (κ2) is 16.7. The fourth-order valence-electron chi connectivity index (χ4n) is 3.31. The van der Waals surface area contributed by atoms with Crippen LogP contribution in [0.5, 0.6) is 0 Å². The maximum atomic E-state index is 11.8. The third kappa shape index (κ3) is 11.4. The third-order valence-electron chi connectivity index (χ3n) is 4.70. The van der Waals surface area contributed by atoms with Crippen LogP contribution < -0.4 is 0 Å². The minimum absolute atomic E-state index is 0. The molecule has 0 amide bonds. The molecule has 2 nitrogen and oxygen atoms in total. The molecule has 0 aliphatic heterocycles. The molecule has 0 aliphatic carbocycles. The van der Waals surface area contributed by atoms with E-state index in [4.69, 9.17) is 0 Å². The van der Waals surface area contributed by atoms with E-state index in [0.29, 0.717) is 0 Å². The Morgan fingerprint density at radius 2 is 1.09 bits per heavy atom. The zero-order valence-electron chi connectivity index (χ0n) is 15.3. The number of rotatable bonds is 15. The van der Waals surface area contributed by atoms with Crippen LogP contribution in [-0.4, -0.2) is 11.1 Å². The van der Waals surface area contributed by atoms with Crippen LogP contribution in [0.1, 0.15) is 111 Å². The maximum Gasteiger partial charge on any atom is 0.309 e. The summed E-state index contributed by atoms with van der Waals surface area (Å²) in [7, 11) is 0. The molecule has 22 heavy (non-hydrogen) atoms. The Morgan fingerprint density at radius 1 is 0.682 bits per heavy atom. The van der Waals surface area contributed by atoms with Gasteiger partial charge in [0.05, 0.1) is 5.41 Å². The summed E-state index contributed by atoms with van der Waals surface area (Å²) < 4.78 is 0. The van der Waals surface area contributed by atoms with Gasteiger partial charge in [-0.2, -0.15) is 0 Å². The molecule has 0 fully saturated rings. The van der Waals surface area contributed by atoms with Gasteiger partial charge in [-0.25, -0.2) is 0 Å². The first-order valence-corrected chi connectivity index (χ1v) is 9.36. The molecule has 0 aliphatic rings. The van der Waals surface area contributed by atoms with Crippen molar-refractivity contribution < 1.29 is 50.7 Å². The van der Waals surface area contributed by atoms with Crippen molar-refractivity contribution in [1.29, 1.82) is 0 Å². The minimum Gasteiger partial charge on any atom is -0.481 e. The van der Waals surface area contributed by atoms with Gasteiger partial charge in [0.1, 0.15) is 0 Å². The normalized spacial score (nSPS) is 13.4. The van der Waals surface area contributed by atoms with Gasteiger partial charge >= 0.3 is 5.97 Å². The second-order valence-corrected chi connectivity index (χ2v) is 6.66. The number of aliphatic carboxylic acids is 1. The summed E-state index contributed by atoms with van der Waals surface area (Å²) in [5.41, 5.74) is -0.437. The van der Waals surface area contributed by atoms with E-state index in [9.17, 15) is 9.90 Å². The molecule has 1 unspecified atom stereocenters. The van der Waals surface area contributed by atoms with Crippen molar-refractivity contribution in [2.24, 2.45) is 5.41 Å². The van der Waals surface area contributed by atoms with Crippen LogP contribution in [-0.2, 0) is 4.79 Å². The molecule has 3 heteroatoms. The van der Waals surface area contributed by atoms with E-state index >= 15 is 0 Å². The topological polar surface area (TPSA) is 37.3 Å². The second-order valence-electron chi connectivity index (χ2n) is 6.66. The zero-order chi connectivity index (χ0) is 16.0. The van der Waals surface area contributed by atoms with Crippen molar-refractivity contribution in [2.45, 2.75) is 111 Å². The minimum atomic E-state index is -0.547. The van der Waals surface area contributed by atoms with E-state index in [1.165, 1.54) is 51.4 Å². The van der Waals surface area contributed by atoms with Crippen LogP contribution in [0.3, 0.4) is 0 Å². The summed E-state index contributed by atoms with van der Waals surface area (Å²) in [4.78, 5) is 11.8. The monoisotopic (exact) mass is 440 g/mol. The van der Waals surface area contributed by atoms with Crippen LogP contribution in [0, 0.1) is 46.3 Å². The van der Waals surface area contributed by atoms with E-state index in [1.807, 2.05) is 0 Å². The molecule has 0 rings (SSSR count). The Labute approximate surface area is 171 Å². The van der Waals surface area contributed by atoms with Gasteiger partial charge < -0.3 is 5.11 Å². The first-order chi connectivity index (χ1) is 10.1. The summed E-state index contributed by atoms with van der Waals surface area (Å²) in [6.45, 7) is 6.55. The molecule has 0 spiro atoms. The third-order valence-corrected chi connectivity index (χ3v) is 4.70. The molecule has 0 saturated heterocycles. The molecule has 0 saturated carbocycles. The Bertz CT molecular complexity index is 256. The summed E-state index contributed by atoms with van der Waals surface area (Å²) in [5.74, 6) is -0.547. The average molecular weight is 443 g/mol. The molecule has 1 N–H and O–H groups in total. The van der Waals surface area contributed by atoms with Crippen molar-refractivity contribution in [1.82, 2.24) is 0 Å². The molecule has 130 valence electrons. The number of hydrogen-bond donors (Lipinski definition) is 1. The van der Waals surface area contributed by atoms with E-state index in [-0.39, 0.29) is 40.8 Å². The summed E-state index contributed by atoms with van der Waals surface area (Å²) in [6, 6.07) is 0. The van der Waals surface area contributed by atoms with Gasteiger partial charge in [-0.05, 0) is 19.3 Å². The Kier molecular flexibility index (Phi) is 19.0. The number of carbonyl (C=O) groups is 1. The van der Waals surface area contributed by atoms with Gasteiger partial charge in [-0.3, -0.25) is 4.79 Å². The van der Waals surface area contributed by atoms with Gasteiger partial charge in [0.25, 0.3) is 0 Å². The van der Waals surface area contributed by atoms with Crippen molar-refractivity contribution in [3.8, 4) is 0 Å². The van der Waals surface area contributed by atoms with Crippen molar-refractivity contribution >= 4 is 5.97 Å². The van der Waals surface area contributed by atoms with Crippen LogP contribution in [0.4, 0.5) is 0 Å². The molecule has 0 radical (unpaired) electrons. The smallest absolute Gasteiger partial charge is 0.309 e. The number of carboxylic acid groups (broad SMARTS) is 1. The molecule has 0 bridgehead atoms. The Hall–Kier alpha value is 0.821. The maximum absolute atomic E-state index is 11.8. The zero-order valence-corrected chi connectivity index (χ0v) is 18.5. The van der Waals surface area contributed by atoms with Crippen molar-refractivity contribution in [2.75, 3.05) is 0 Å². The standard InChI is InChI=1S/C19H38O2.Nd/c1-4-7-9-11-12-14-17-19(15-6-3,18(20)21)16-13-10-8-5-2;/h4-17H2,1-3H3,(H,20,21);. The van der Waals surface area contributed by atoms with Crippen LogP contribution in [0.25, 0.3) is 0 Å². The molecule has 1 atom stereocenters. The van der Waals surface area contributed by atoms with Crippen LogP contribution >= 0.6 is 0 Å². The number of unbranched alkanes of at least 4 members (excludes halogenated alkanes) is 8. The first kappa shape index (κ1) is 25.1. The predicted octanol–water partition coefficient (Wildman–Crippen LogP) is 6.58. The van der Waals surface area contributed by atoms with Crippen molar-refractivity contribution in [3.63, 3.8) is 0 Å². The molecule has 0 heterocycles. The van der Waals surface area contributed by atoms with E-state index in [2.05, 4.69) is 20.8 Å². The van der Waals surface area contributed by atoms with Gasteiger partial charge in [0.15, 0.2) is 0 Å². The number of carboxylic acids is 1. The Morgan fingerprint density at radius 3 is 1.50 bits per heavy atom.